The van der Waals surface area contributed by atoms with Crippen LogP contribution in [0.3, 0.4) is 0 Å². The van der Waals surface area contributed by atoms with Gasteiger partial charge in [-0.3, -0.25) is 4.79 Å². The number of carbonyl (C=O) groups excluding carboxylic acids is 1. The molecule has 0 spiro atoms. The Balaban J connectivity index is 2.42. The summed E-state index contributed by atoms with van der Waals surface area (Å²) in [5.41, 5.74) is 0.619. The first-order chi connectivity index (χ1) is 9.65. The molecule has 0 saturated heterocycles. The van der Waals surface area contributed by atoms with Crippen molar-refractivity contribution in [2.45, 2.75) is 26.2 Å². The summed E-state index contributed by atoms with van der Waals surface area (Å²) >= 11 is 0. The Labute approximate surface area is 121 Å². The van der Waals surface area contributed by atoms with Crippen molar-refractivity contribution in [1.29, 1.82) is 0 Å². The highest BCUT2D eigenvalue weighted by atomic mass is 16.1. The van der Waals surface area contributed by atoms with E-state index in [1.54, 1.807) is 18.3 Å². The third-order valence-electron chi connectivity index (χ3n) is 2.91. The maximum absolute atomic E-state index is 12.1. The van der Waals surface area contributed by atoms with Gasteiger partial charge in [-0.2, -0.15) is 0 Å². The molecule has 0 aliphatic rings. The van der Waals surface area contributed by atoms with Crippen molar-refractivity contribution in [2.24, 2.45) is 0 Å². The van der Waals surface area contributed by atoms with Crippen LogP contribution >= 0.6 is 0 Å². The molecule has 1 amide bonds. The summed E-state index contributed by atoms with van der Waals surface area (Å²) in [4.78, 5) is 18.5. The number of nitrogens with one attached hydrogen (secondary N) is 2. The third kappa shape index (κ3) is 6.02. The first-order valence-corrected chi connectivity index (χ1v) is 7.27. The second kappa shape index (κ2) is 9.31. The lowest BCUT2D eigenvalue weighted by molar-refractivity contribution is 0.0953. The molecule has 0 aliphatic heterocycles. The largest absolute Gasteiger partial charge is 0.369 e. The highest BCUT2D eigenvalue weighted by Crippen LogP contribution is 2.11. The molecule has 0 bridgehead atoms. The lowest BCUT2D eigenvalue weighted by Crippen LogP contribution is -2.26. The summed E-state index contributed by atoms with van der Waals surface area (Å²) in [5, 5.41) is 6.13. The molecule has 5 heteroatoms. The SMILES string of the molecule is CCCNc1ncccc1C(=O)NCCCCN(C)C. The molecular formula is C15H26N4O. The van der Waals surface area contributed by atoms with E-state index in [-0.39, 0.29) is 5.91 Å². The van der Waals surface area contributed by atoms with Crippen LogP contribution in [0.15, 0.2) is 18.3 Å². The monoisotopic (exact) mass is 278 g/mol. The van der Waals surface area contributed by atoms with Crippen molar-refractivity contribution in [1.82, 2.24) is 15.2 Å². The fraction of sp³-hybridized carbons (Fsp3) is 0.600. The third-order valence-corrected chi connectivity index (χ3v) is 2.91. The molecule has 1 heterocycles. The Morgan fingerprint density at radius 3 is 2.80 bits per heavy atom. The first-order valence-electron chi connectivity index (χ1n) is 7.27. The molecule has 0 aliphatic carbocycles. The maximum atomic E-state index is 12.1. The lowest BCUT2D eigenvalue weighted by Gasteiger charge is -2.11. The van der Waals surface area contributed by atoms with Crippen LogP contribution in [-0.4, -0.2) is 49.5 Å². The van der Waals surface area contributed by atoms with Gasteiger partial charge in [0.1, 0.15) is 5.82 Å². The van der Waals surface area contributed by atoms with Crippen LogP contribution in [0.5, 0.6) is 0 Å². The normalized spacial score (nSPS) is 10.6. The van der Waals surface area contributed by atoms with Gasteiger partial charge in [0.05, 0.1) is 5.56 Å². The molecule has 0 unspecified atom stereocenters. The minimum Gasteiger partial charge on any atom is -0.369 e. The number of amides is 1. The van der Waals surface area contributed by atoms with E-state index in [0.717, 1.165) is 32.4 Å². The number of anilines is 1. The molecular weight excluding hydrogens is 252 g/mol. The number of carbonyl (C=O) groups is 1. The predicted molar refractivity (Wildman–Crippen MR) is 83.1 cm³/mol. The maximum Gasteiger partial charge on any atom is 0.255 e. The van der Waals surface area contributed by atoms with Crippen LogP contribution in [0, 0.1) is 0 Å². The van der Waals surface area contributed by atoms with Gasteiger partial charge in [-0.25, -0.2) is 4.98 Å². The Bertz CT molecular complexity index is 407. The summed E-state index contributed by atoms with van der Waals surface area (Å²) < 4.78 is 0. The van der Waals surface area contributed by atoms with E-state index in [4.69, 9.17) is 0 Å². The van der Waals surface area contributed by atoms with Crippen molar-refractivity contribution in [3.8, 4) is 0 Å². The van der Waals surface area contributed by atoms with E-state index in [1.807, 2.05) is 0 Å². The van der Waals surface area contributed by atoms with Crippen LogP contribution in [0.2, 0.25) is 0 Å². The zero-order valence-corrected chi connectivity index (χ0v) is 12.8. The highest BCUT2D eigenvalue weighted by Gasteiger charge is 2.10. The average Bonchev–Trinajstić information content (AvgIpc) is 2.44. The van der Waals surface area contributed by atoms with Crippen molar-refractivity contribution in [2.75, 3.05) is 39.0 Å². The number of unbranched alkanes of at least 4 members (excludes halogenated alkanes) is 1. The fourth-order valence-electron chi connectivity index (χ4n) is 1.82. The van der Waals surface area contributed by atoms with E-state index in [9.17, 15) is 4.79 Å². The minimum atomic E-state index is -0.0541. The van der Waals surface area contributed by atoms with Crippen molar-refractivity contribution in [3.63, 3.8) is 0 Å². The van der Waals surface area contributed by atoms with Gasteiger partial charge < -0.3 is 15.5 Å². The van der Waals surface area contributed by atoms with Crippen molar-refractivity contribution < 1.29 is 4.79 Å². The Morgan fingerprint density at radius 1 is 1.30 bits per heavy atom. The quantitative estimate of drug-likeness (QED) is 0.678. The van der Waals surface area contributed by atoms with Crippen LogP contribution in [0.25, 0.3) is 0 Å². The molecule has 0 radical (unpaired) electrons. The molecule has 5 nitrogen and oxygen atoms in total. The molecule has 0 aromatic carbocycles. The fourth-order valence-corrected chi connectivity index (χ4v) is 1.82. The molecule has 0 fully saturated rings. The van der Waals surface area contributed by atoms with E-state index >= 15 is 0 Å². The number of rotatable bonds is 9. The molecule has 1 rings (SSSR count). The molecule has 1 aromatic rings. The standard InChI is InChI=1S/C15H26N4O/c1-4-9-16-14-13(8-7-11-17-14)15(20)18-10-5-6-12-19(2)3/h7-8,11H,4-6,9-10,12H2,1-3H3,(H,16,17)(H,18,20). The van der Waals surface area contributed by atoms with E-state index in [1.165, 1.54) is 0 Å². The topological polar surface area (TPSA) is 57.3 Å². The first kappa shape index (κ1) is 16.4. The van der Waals surface area contributed by atoms with Crippen molar-refractivity contribution >= 4 is 11.7 Å². The minimum absolute atomic E-state index is 0.0541. The van der Waals surface area contributed by atoms with E-state index < -0.39 is 0 Å². The Morgan fingerprint density at radius 2 is 2.10 bits per heavy atom. The average molecular weight is 278 g/mol. The smallest absolute Gasteiger partial charge is 0.255 e. The van der Waals surface area contributed by atoms with Crippen LogP contribution in [-0.2, 0) is 0 Å². The van der Waals surface area contributed by atoms with E-state index in [2.05, 4.69) is 41.5 Å². The van der Waals surface area contributed by atoms with Gasteiger partial charge in [0.2, 0.25) is 0 Å². The number of nitrogens with zero attached hydrogens (tertiary/aromatic N) is 2. The summed E-state index contributed by atoms with van der Waals surface area (Å²) in [6, 6.07) is 3.60. The van der Waals surface area contributed by atoms with Gasteiger partial charge in [-0.15, -0.1) is 0 Å². The second-order valence-corrected chi connectivity index (χ2v) is 5.09. The molecule has 20 heavy (non-hydrogen) atoms. The summed E-state index contributed by atoms with van der Waals surface area (Å²) in [5.74, 6) is 0.613. The van der Waals surface area contributed by atoms with Crippen LogP contribution < -0.4 is 10.6 Å². The predicted octanol–water partition coefficient (Wildman–Crippen LogP) is 1.98. The molecule has 0 saturated carbocycles. The van der Waals surface area contributed by atoms with Gasteiger partial charge in [0.25, 0.3) is 5.91 Å². The zero-order valence-electron chi connectivity index (χ0n) is 12.8. The summed E-state index contributed by atoms with van der Waals surface area (Å²) in [7, 11) is 4.11. The van der Waals surface area contributed by atoms with Crippen LogP contribution in [0.4, 0.5) is 5.82 Å². The second-order valence-electron chi connectivity index (χ2n) is 5.09. The van der Waals surface area contributed by atoms with Gasteiger partial charge in [-0.1, -0.05) is 6.92 Å². The van der Waals surface area contributed by atoms with Gasteiger partial charge >= 0.3 is 0 Å². The number of hydrogen-bond acceptors (Lipinski definition) is 4. The van der Waals surface area contributed by atoms with Gasteiger partial charge in [0.15, 0.2) is 0 Å². The number of pyridine rings is 1. The van der Waals surface area contributed by atoms with E-state index in [0.29, 0.717) is 17.9 Å². The zero-order chi connectivity index (χ0) is 14.8. The van der Waals surface area contributed by atoms with Crippen molar-refractivity contribution in [3.05, 3.63) is 23.9 Å². The van der Waals surface area contributed by atoms with Crippen LogP contribution in [0.1, 0.15) is 36.5 Å². The number of hydrogen-bond donors (Lipinski definition) is 2. The summed E-state index contributed by atoms with van der Waals surface area (Å²) in [6.45, 7) is 4.65. The number of aromatic nitrogens is 1. The van der Waals surface area contributed by atoms with Gasteiger partial charge in [-0.05, 0) is 52.0 Å². The molecule has 112 valence electrons. The molecule has 1 aromatic heterocycles. The van der Waals surface area contributed by atoms with Gasteiger partial charge in [0, 0.05) is 19.3 Å². The molecule has 2 N–H and O–H groups in total. The Hall–Kier alpha value is -1.62. The molecule has 0 atom stereocenters. The lowest BCUT2D eigenvalue weighted by atomic mass is 10.2. The Kier molecular flexibility index (Phi) is 7.65. The highest BCUT2D eigenvalue weighted by molar-refractivity contribution is 5.98. The summed E-state index contributed by atoms with van der Waals surface area (Å²) in [6.07, 6.45) is 4.77.